The van der Waals surface area contributed by atoms with Crippen LogP contribution in [0.3, 0.4) is 0 Å². The standard InChI is InChI=1S/C15H13Cl2N3O3S/c1-19-13-4-3-12(8-14(13)20(2)15(19)21)24(22,23)18-11-6-9(16)5-10(17)7-11/h3-8,18H,1-2H3. The normalized spacial score (nSPS) is 11.8. The summed E-state index contributed by atoms with van der Waals surface area (Å²) < 4.78 is 30.4. The summed E-state index contributed by atoms with van der Waals surface area (Å²) in [7, 11) is -0.632. The van der Waals surface area contributed by atoms with Gasteiger partial charge in [0.2, 0.25) is 0 Å². The van der Waals surface area contributed by atoms with Crippen molar-refractivity contribution in [1.82, 2.24) is 9.13 Å². The Hall–Kier alpha value is -1.96. The van der Waals surface area contributed by atoms with Gasteiger partial charge in [0.25, 0.3) is 10.0 Å². The molecule has 6 nitrogen and oxygen atoms in total. The number of aryl methyl sites for hydroxylation is 2. The maximum atomic E-state index is 12.6. The van der Waals surface area contributed by atoms with Gasteiger partial charge in [-0.3, -0.25) is 13.9 Å². The number of imidazole rings is 1. The number of anilines is 1. The van der Waals surface area contributed by atoms with E-state index >= 15 is 0 Å². The molecule has 126 valence electrons. The van der Waals surface area contributed by atoms with Crippen LogP contribution in [-0.2, 0) is 24.1 Å². The van der Waals surface area contributed by atoms with Crippen LogP contribution in [0.5, 0.6) is 0 Å². The van der Waals surface area contributed by atoms with E-state index in [2.05, 4.69) is 4.72 Å². The number of nitrogens with zero attached hydrogens (tertiary/aromatic N) is 2. The van der Waals surface area contributed by atoms with Crippen LogP contribution in [0.2, 0.25) is 10.0 Å². The highest BCUT2D eigenvalue weighted by atomic mass is 35.5. The van der Waals surface area contributed by atoms with Gasteiger partial charge in [0.05, 0.1) is 21.6 Å². The van der Waals surface area contributed by atoms with Crippen LogP contribution in [0.4, 0.5) is 5.69 Å². The second-order valence-electron chi connectivity index (χ2n) is 5.31. The van der Waals surface area contributed by atoms with Gasteiger partial charge in [-0.05, 0) is 36.4 Å². The average molecular weight is 386 g/mol. The predicted octanol–water partition coefficient (Wildman–Crippen LogP) is 2.98. The van der Waals surface area contributed by atoms with Crippen LogP contribution >= 0.6 is 23.2 Å². The largest absolute Gasteiger partial charge is 0.328 e. The number of hydrogen-bond donors (Lipinski definition) is 1. The molecule has 0 fully saturated rings. The zero-order valence-corrected chi connectivity index (χ0v) is 15.1. The number of halogens is 2. The number of sulfonamides is 1. The highest BCUT2D eigenvalue weighted by molar-refractivity contribution is 7.92. The van der Waals surface area contributed by atoms with Gasteiger partial charge < -0.3 is 0 Å². The smallest absolute Gasteiger partial charge is 0.295 e. The van der Waals surface area contributed by atoms with E-state index in [0.717, 1.165) is 0 Å². The predicted molar refractivity (Wildman–Crippen MR) is 95.4 cm³/mol. The summed E-state index contributed by atoms with van der Waals surface area (Å²) in [6, 6.07) is 8.91. The van der Waals surface area contributed by atoms with Crippen molar-refractivity contribution in [3.63, 3.8) is 0 Å². The first-order chi connectivity index (χ1) is 11.2. The quantitative estimate of drug-likeness (QED) is 0.752. The molecule has 0 saturated carbocycles. The molecule has 0 radical (unpaired) electrons. The molecular formula is C15H13Cl2N3O3S. The van der Waals surface area contributed by atoms with Crippen LogP contribution in [-0.4, -0.2) is 17.6 Å². The Morgan fingerprint density at radius 3 is 2.12 bits per heavy atom. The molecule has 0 spiro atoms. The molecule has 2 aromatic carbocycles. The third-order valence-electron chi connectivity index (χ3n) is 3.67. The number of aromatic nitrogens is 2. The Bertz CT molecular complexity index is 1100. The number of fused-ring (bicyclic) bond motifs is 1. The third-order valence-corrected chi connectivity index (χ3v) is 5.48. The Balaban J connectivity index is 2.08. The summed E-state index contributed by atoms with van der Waals surface area (Å²) in [5.41, 5.74) is 1.20. The Labute approximate surface area is 148 Å². The van der Waals surface area contributed by atoms with Gasteiger partial charge in [-0.2, -0.15) is 0 Å². The second kappa shape index (κ2) is 5.84. The van der Waals surface area contributed by atoms with E-state index in [1.165, 1.54) is 39.5 Å². The molecule has 0 atom stereocenters. The van der Waals surface area contributed by atoms with Gasteiger partial charge in [0.15, 0.2) is 0 Å². The zero-order chi connectivity index (χ0) is 17.6. The summed E-state index contributed by atoms with van der Waals surface area (Å²) in [6.07, 6.45) is 0. The number of hydrogen-bond acceptors (Lipinski definition) is 3. The van der Waals surface area contributed by atoms with E-state index in [-0.39, 0.29) is 16.3 Å². The first kappa shape index (κ1) is 16.9. The number of nitrogens with one attached hydrogen (secondary N) is 1. The Morgan fingerprint density at radius 1 is 0.917 bits per heavy atom. The molecule has 0 aliphatic heterocycles. The van der Waals surface area contributed by atoms with Gasteiger partial charge in [-0.1, -0.05) is 23.2 Å². The third kappa shape index (κ3) is 2.90. The van der Waals surface area contributed by atoms with Crippen molar-refractivity contribution in [3.8, 4) is 0 Å². The summed E-state index contributed by atoms with van der Waals surface area (Å²) in [6.45, 7) is 0. The van der Waals surface area contributed by atoms with Crippen LogP contribution < -0.4 is 10.4 Å². The molecule has 3 aromatic rings. The molecule has 3 rings (SSSR count). The second-order valence-corrected chi connectivity index (χ2v) is 7.87. The minimum atomic E-state index is -3.85. The molecular weight excluding hydrogens is 373 g/mol. The van der Waals surface area contributed by atoms with Crippen LogP contribution in [0.1, 0.15) is 0 Å². The fourth-order valence-electron chi connectivity index (χ4n) is 2.48. The summed E-state index contributed by atoms with van der Waals surface area (Å²) >= 11 is 11.8. The average Bonchev–Trinajstić information content (AvgIpc) is 2.70. The van der Waals surface area contributed by atoms with Crippen molar-refractivity contribution in [2.75, 3.05) is 4.72 Å². The van der Waals surface area contributed by atoms with Crippen LogP contribution in [0.25, 0.3) is 11.0 Å². The molecule has 0 aliphatic carbocycles. The molecule has 0 amide bonds. The van der Waals surface area contributed by atoms with Crippen molar-refractivity contribution < 1.29 is 8.42 Å². The molecule has 1 N–H and O–H groups in total. The van der Waals surface area contributed by atoms with Crippen LogP contribution in [0, 0.1) is 0 Å². The topological polar surface area (TPSA) is 73.1 Å². The Morgan fingerprint density at radius 2 is 1.50 bits per heavy atom. The molecule has 0 saturated heterocycles. The van der Waals surface area contributed by atoms with Crippen molar-refractivity contribution >= 4 is 49.9 Å². The van der Waals surface area contributed by atoms with Crippen molar-refractivity contribution in [1.29, 1.82) is 0 Å². The van der Waals surface area contributed by atoms with E-state index in [4.69, 9.17) is 23.2 Å². The van der Waals surface area contributed by atoms with E-state index < -0.39 is 10.0 Å². The first-order valence-corrected chi connectivity index (χ1v) is 9.07. The lowest BCUT2D eigenvalue weighted by Gasteiger charge is -2.09. The fourth-order valence-corrected chi connectivity index (χ4v) is 4.07. The molecule has 1 heterocycles. The summed E-state index contributed by atoms with van der Waals surface area (Å²) in [4.78, 5) is 12.0. The maximum Gasteiger partial charge on any atom is 0.328 e. The van der Waals surface area contributed by atoms with Gasteiger partial charge in [-0.25, -0.2) is 13.2 Å². The minimum absolute atomic E-state index is 0.0345. The summed E-state index contributed by atoms with van der Waals surface area (Å²) in [5, 5.41) is 0.641. The summed E-state index contributed by atoms with van der Waals surface area (Å²) in [5.74, 6) is 0. The van der Waals surface area contributed by atoms with Gasteiger partial charge in [-0.15, -0.1) is 0 Å². The molecule has 0 unspecified atom stereocenters. The van der Waals surface area contributed by atoms with Gasteiger partial charge in [0, 0.05) is 24.1 Å². The van der Waals surface area contributed by atoms with Crippen molar-refractivity contribution in [2.24, 2.45) is 14.1 Å². The van der Waals surface area contributed by atoms with E-state index in [1.54, 1.807) is 20.2 Å². The maximum absolute atomic E-state index is 12.6. The van der Waals surface area contributed by atoms with Crippen molar-refractivity contribution in [3.05, 3.63) is 56.9 Å². The Kier molecular flexibility index (Phi) is 4.11. The molecule has 1 aromatic heterocycles. The molecule has 24 heavy (non-hydrogen) atoms. The SMILES string of the molecule is Cn1c(=O)n(C)c2cc(S(=O)(=O)Nc3cc(Cl)cc(Cl)c3)ccc21. The van der Waals surface area contributed by atoms with E-state index in [1.807, 2.05) is 0 Å². The number of benzene rings is 2. The minimum Gasteiger partial charge on any atom is -0.295 e. The van der Waals surface area contributed by atoms with Gasteiger partial charge in [0.1, 0.15) is 0 Å². The lowest BCUT2D eigenvalue weighted by molar-refractivity contribution is 0.601. The monoisotopic (exact) mass is 385 g/mol. The first-order valence-electron chi connectivity index (χ1n) is 6.83. The van der Waals surface area contributed by atoms with E-state index in [0.29, 0.717) is 21.1 Å². The van der Waals surface area contributed by atoms with E-state index in [9.17, 15) is 13.2 Å². The lowest BCUT2D eigenvalue weighted by Crippen LogP contribution is -2.19. The number of rotatable bonds is 3. The van der Waals surface area contributed by atoms with Crippen LogP contribution in [0.15, 0.2) is 46.1 Å². The molecule has 0 aliphatic rings. The highest BCUT2D eigenvalue weighted by Crippen LogP contribution is 2.25. The van der Waals surface area contributed by atoms with Crippen molar-refractivity contribution in [2.45, 2.75) is 4.90 Å². The highest BCUT2D eigenvalue weighted by Gasteiger charge is 2.17. The molecule has 9 heteroatoms. The van der Waals surface area contributed by atoms with Gasteiger partial charge >= 0.3 is 5.69 Å². The lowest BCUT2D eigenvalue weighted by atomic mass is 10.3. The zero-order valence-electron chi connectivity index (χ0n) is 12.7. The fraction of sp³-hybridized carbons (Fsp3) is 0.133. The molecule has 0 bridgehead atoms.